The summed E-state index contributed by atoms with van der Waals surface area (Å²) in [5.74, 6) is 1.94. The Labute approximate surface area is 186 Å². The monoisotopic (exact) mass is 440 g/mol. The third kappa shape index (κ3) is 7.49. The highest BCUT2D eigenvalue weighted by Crippen LogP contribution is 2.41. The lowest BCUT2D eigenvalue weighted by Crippen LogP contribution is -2.18. The number of hydrogen-bond donors (Lipinski definition) is 0. The van der Waals surface area contributed by atoms with Crippen LogP contribution in [-0.4, -0.2) is 0 Å². The fraction of sp³-hybridized carbons (Fsp3) is 0.778. The van der Waals surface area contributed by atoms with Crippen LogP contribution in [0.1, 0.15) is 120 Å². The van der Waals surface area contributed by atoms with Crippen molar-refractivity contribution in [1.29, 1.82) is 0 Å². The summed E-state index contributed by atoms with van der Waals surface area (Å²) in [5, 5.41) is 0. The molecule has 31 heavy (non-hydrogen) atoms. The van der Waals surface area contributed by atoms with Crippen molar-refractivity contribution < 1.29 is 17.6 Å². The number of hydrogen-bond acceptors (Lipinski definition) is 0. The second-order valence-electron chi connectivity index (χ2n) is 10.3. The second-order valence-corrected chi connectivity index (χ2v) is 10.3. The van der Waals surface area contributed by atoms with Gasteiger partial charge in [0.15, 0.2) is 0 Å². The standard InChI is InChI=1S/C27H40F4/c1-2-3-4-5-6-20-7-9-21(10-8-20)11-12-22-13-15-23(16-14-22)25-18-17-24(19-26(25)28)27(29,30)31/h17-23H,2-16H2,1H3. The molecule has 0 N–H and O–H groups in total. The van der Waals surface area contributed by atoms with Crippen LogP contribution in [0.5, 0.6) is 0 Å². The first-order valence-electron chi connectivity index (χ1n) is 12.7. The summed E-state index contributed by atoms with van der Waals surface area (Å²) in [4.78, 5) is 0. The highest BCUT2D eigenvalue weighted by Gasteiger charge is 2.32. The fourth-order valence-electron chi connectivity index (χ4n) is 5.94. The minimum absolute atomic E-state index is 0.0710. The molecule has 0 nitrogen and oxygen atoms in total. The van der Waals surface area contributed by atoms with E-state index in [4.69, 9.17) is 0 Å². The largest absolute Gasteiger partial charge is 0.416 e. The molecule has 0 aliphatic heterocycles. The maximum absolute atomic E-state index is 14.3. The Morgan fingerprint density at radius 3 is 1.81 bits per heavy atom. The van der Waals surface area contributed by atoms with Crippen LogP contribution in [0.2, 0.25) is 0 Å². The van der Waals surface area contributed by atoms with Gasteiger partial charge in [-0.3, -0.25) is 0 Å². The highest BCUT2D eigenvalue weighted by molar-refractivity contribution is 5.29. The molecule has 0 amide bonds. The lowest BCUT2D eigenvalue weighted by molar-refractivity contribution is -0.137. The molecule has 0 bridgehead atoms. The lowest BCUT2D eigenvalue weighted by atomic mass is 9.74. The molecule has 0 unspecified atom stereocenters. The Balaban J connectivity index is 1.35. The van der Waals surface area contributed by atoms with Crippen molar-refractivity contribution in [3.05, 3.63) is 35.1 Å². The first-order valence-corrected chi connectivity index (χ1v) is 12.7. The van der Waals surface area contributed by atoms with Gasteiger partial charge in [-0.15, -0.1) is 0 Å². The van der Waals surface area contributed by atoms with Crippen LogP contribution in [-0.2, 0) is 6.18 Å². The van der Waals surface area contributed by atoms with E-state index in [1.807, 2.05) is 0 Å². The Hall–Kier alpha value is -1.06. The van der Waals surface area contributed by atoms with Gasteiger partial charge in [-0.1, -0.05) is 83.6 Å². The van der Waals surface area contributed by atoms with Gasteiger partial charge in [0.25, 0.3) is 0 Å². The molecule has 1 aromatic carbocycles. The average Bonchev–Trinajstić information content (AvgIpc) is 2.76. The summed E-state index contributed by atoms with van der Waals surface area (Å²) in [6.45, 7) is 2.27. The van der Waals surface area contributed by atoms with Crippen molar-refractivity contribution in [3.8, 4) is 0 Å². The molecule has 1 aromatic rings. The van der Waals surface area contributed by atoms with Crippen molar-refractivity contribution in [2.24, 2.45) is 17.8 Å². The first kappa shape index (κ1) is 24.6. The maximum Gasteiger partial charge on any atom is 0.416 e. The summed E-state index contributed by atoms with van der Waals surface area (Å²) in [6, 6.07) is 3.07. The van der Waals surface area contributed by atoms with Crippen LogP contribution in [0.4, 0.5) is 17.6 Å². The van der Waals surface area contributed by atoms with Crippen LogP contribution in [0.25, 0.3) is 0 Å². The van der Waals surface area contributed by atoms with Crippen molar-refractivity contribution in [3.63, 3.8) is 0 Å². The van der Waals surface area contributed by atoms with E-state index in [-0.39, 0.29) is 5.92 Å². The van der Waals surface area contributed by atoms with Gasteiger partial charge >= 0.3 is 6.18 Å². The van der Waals surface area contributed by atoms with Crippen LogP contribution >= 0.6 is 0 Å². The Morgan fingerprint density at radius 1 is 0.742 bits per heavy atom. The Morgan fingerprint density at radius 2 is 1.29 bits per heavy atom. The minimum Gasteiger partial charge on any atom is -0.207 e. The van der Waals surface area contributed by atoms with Crippen LogP contribution in [0.15, 0.2) is 18.2 Å². The van der Waals surface area contributed by atoms with Crippen molar-refractivity contribution >= 4 is 0 Å². The lowest BCUT2D eigenvalue weighted by Gasteiger charge is -2.32. The summed E-state index contributed by atoms with van der Waals surface area (Å²) < 4.78 is 52.6. The number of halogens is 4. The molecule has 2 aliphatic rings. The van der Waals surface area contributed by atoms with E-state index in [2.05, 4.69) is 6.92 Å². The SMILES string of the molecule is CCCCCCC1CCC(CCC2CCC(c3ccc(C(F)(F)F)cc3F)CC2)CC1. The van der Waals surface area contributed by atoms with Crippen molar-refractivity contribution in [1.82, 2.24) is 0 Å². The average molecular weight is 441 g/mol. The van der Waals surface area contributed by atoms with E-state index < -0.39 is 17.6 Å². The molecule has 3 rings (SSSR count). The molecule has 2 aliphatic carbocycles. The summed E-state index contributed by atoms with van der Waals surface area (Å²) in [7, 11) is 0. The van der Waals surface area contributed by atoms with Crippen LogP contribution in [0.3, 0.4) is 0 Å². The molecule has 4 heteroatoms. The molecule has 0 spiro atoms. The summed E-state index contributed by atoms with van der Waals surface area (Å²) >= 11 is 0. The molecule has 0 aromatic heterocycles. The quantitative estimate of drug-likeness (QED) is 0.265. The highest BCUT2D eigenvalue weighted by atomic mass is 19.4. The third-order valence-corrected chi connectivity index (χ3v) is 8.03. The Kier molecular flexibility index (Phi) is 9.28. The van der Waals surface area contributed by atoms with Crippen molar-refractivity contribution in [2.45, 2.75) is 115 Å². The number of unbranched alkanes of at least 4 members (excludes halogenated alkanes) is 3. The normalized spacial score (nSPS) is 27.4. The maximum atomic E-state index is 14.3. The zero-order valence-electron chi connectivity index (χ0n) is 19.2. The molecule has 0 radical (unpaired) electrons. The van der Waals surface area contributed by atoms with E-state index in [0.717, 1.165) is 43.6 Å². The zero-order valence-corrected chi connectivity index (χ0v) is 19.2. The first-order chi connectivity index (χ1) is 14.9. The molecule has 0 saturated heterocycles. The number of benzene rings is 1. The minimum atomic E-state index is -4.48. The van der Waals surface area contributed by atoms with Gasteiger partial charge in [-0.2, -0.15) is 13.2 Å². The Bertz CT molecular complexity index is 650. The van der Waals surface area contributed by atoms with Gasteiger partial charge in [0.2, 0.25) is 0 Å². The topological polar surface area (TPSA) is 0 Å². The molecule has 2 saturated carbocycles. The molecule has 2 fully saturated rings. The summed E-state index contributed by atoms with van der Waals surface area (Å²) in [5.41, 5.74) is -0.415. The summed E-state index contributed by atoms with van der Waals surface area (Å²) in [6.07, 6.45) is 14.6. The molecular weight excluding hydrogens is 400 g/mol. The molecule has 0 heterocycles. The third-order valence-electron chi connectivity index (χ3n) is 8.03. The van der Waals surface area contributed by atoms with Gasteiger partial charge in [0, 0.05) is 0 Å². The predicted octanol–water partition coefficient (Wildman–Crippen LogP) is 9.68. The van der Waals surface area contributed by atoms with Gasteiger partial charge < -0.3 is 0 Å². The van der Waals surface area contributed by atoms with Gasteiger partial charge in [-0.05, 0) is 67.1 Å². The van der Waals surface area contributed by atoms with E-state index in [9.17, 15) is 17.6 Å². The smallest absolute Gasteiger partial charge is 0.207 e. The predicted molar refractivity (Wildman–Crippen MR) is 120 cm³/mol. The van der Waals surface area contributed by atoms with E-state index in [1.165, 1.54) is 76.7 Å². The zero-order chi connectivity index (χ0) is 22.3. The fourth-order valence-corrected chi connectivity index (χ4v) is 5.94. The van der Waals surface area contributed by atoms with Crippen LogP contribution in [0, 0.1) is 23.6 Å². The molecule has 176 valence electrons. The van der Waals surface area contributed by atoms with Gasteiger partial charge in [0.1, 0.15) is 5.82 Å². The van der Waals surface area contributed by atoms with Gasteiger partial charge in [0.05, 0.1) is 5.56 Å². The molecular formula is C27H40F4. The van der Waals surface area contributed by atoms with E-state index in [0.29, 0.717) is 17.5 Å². The molecule has 0 atom stereocenters. The van der Waals surface area contributed by atoms with E-state index >= 15 is 0 Å². The van der Waals surface area contributed by atoms with E-state index in [1.54, 1.807) is 0 Å². The van der Waals surface area contributed by atoms with Crippen LogP contribution < -0.4 is 0 Å². The van der Waals surface area contributed by atoms with Gasteiger partial charge in [-0.25, -0.2) is 4.39 Å². The number of alkyl halides is 3. The second kappa shape index (κ2) is 11.7. The van der Waals surface area contributed by atoms with Crippen molar-refractivity contribution in [2.75, 3.05) is 0 Å². The number of rotatable bonds is 9.